The summed E-state index contributed by atoms with van der Waals surface area (Å²) in [5.41, 5.74) is -0.212. The van der Waals surface area contributed by atoms with E-state index in [1.54, 1.807) is 22.9 Å². The molecule has 1 saturated heterocycles. The molecule has 6 heteroatoms. The standard InChI is InChI=1S/C17H23N3O3/c18-9-2-5-12-20-13-6-7-15(17(20)22)23-14-8-16(21)19-10-3-1-4-11-19/h6-7,13H,1-5,8,10-12,14H2. The van der Waals surface area contributed by atoms with Gasteiger partial charge in [-0.25, -0.2) is 0 Å². The number of aromatic nitrogens is 1. The van der Waals surface area contributed by atoms with E-state index in [4.69, 9.17) is 10.00 Å². The van der Waals surface area contributed by atoms with Crippen molar-refractivity contribution in [2.24, 2.45) is 0 Å². The molecule has 1 aliphatic heterocycles. The second kappa shape index (κ2) is 8.99. The maximum atomic E-state index is 12.2. The van der Waals surface area contributed by atoms with Crippen molar-refractivity contribution in [3.05, 3.63) is 28.7 Å². The number of aryl methyl sites for hydroxylation is 1. The summed E-state index contributed by atoms with van der Waals surface area (Å²) in [5, 5.41) is 8.55. The fourth-order valence-corrected chi connectivity index (χ4v) is 2.68. The van der Waals surface area contributed by atoms with Gasteiger partial charge >= 0.3 is 0 Å². The number of hydrogen-bond acceptors (Lipinski definition) is 4. The Morgan fingerprint density at radius 1 is 1.30 bits per heavy atom. The van der Waals surface area contributed by atoms with Gasteiger partial charge in [0.25, 0.3) is 5.56 Å². The van der Waals surface area contributed by atoms with Crippen LogP contribution in [0.3, 0.4) is 0 Å². The third-order valence-electron chi connectivity index (χ3n) is 3.96. The number of nitrogens with zero attached hydrogens (tertiary/aromatic N) is 3. The molecular weight excluding hydrogens is 294 g/mol. The molecule has 0 aliphatic carbocycles. The third kappa shape index (κ3) is 5.13. The highest BCUT2D eigenvalue weighted by Crippen LogP contribution is 2.10. The number of pyridine rings is 1. The Morgan fingerprint density at radius 3 is 2.83 bits per heavy atom. The molecule has 0 aromatic carbocycles. The van der Waals surface area contributed by atoms with Crippen LogP contribution >= 0.6 is 0 Å². The van der Waals surface area contributed by atoms with Crippen LogP contribution in [-0.2, 0) is 11.3 Å². The maximum Gasteiger partial charge on any atom is 0.292 e. The van der Waals surface area contributed by atoms with Gasteiger partial charge in [0.15, 0.2) is 5.75 Å². The van der Waals surface area contributed by atoms with Gasteiger partial charge in [0.1, 0.15) is 0 Å². The first kappa shape index (κ1) is 17.1. The lowest BCUT2D eigenvalue weighted by molar-refractivity contribution is -0.132. The Hall–Kier alpha value is -2.29. The van der Waals surface area contributed by atoms with Gasteiger partial charge in [-0.05, 0) is 37.8 Å². The van der Waals surface area contributed by atoms with Crippen molar-refractivity contribution in [3.8, 4) is 11.8 Å². The molecule has 0 unspecified atom stereocenters. The molecule has 2 heterocycles. The molecule has 1 aromatic heterocycles. The lowest BCUT2D eigenvalue weighted by atomic mass is 10.1. The van der Waals surface area contributed by atoms with Crippen LogP contribution in [-0.4, -0.2) is 35.1 Å². The highest BCUT2D eigenvalue weighted by atomic mass is 16.5. The summed E-state index contributed by atoms with van der Waals surface area (Å²) in [4.78, 5) is 26.1. The largest absolute Gasteiger partial charge is 0.487 e. The molecule has 0 N–H and O–H groups in total. The minimum absolute atomic E-state index is 0.0926. The molecule has 6 nitrogen and oxygen atoms in total. The van der Waals surface area contributed by atoms with Crippen LogP contribution in [0.1, 0.15) is 38.5 Å². The number of nitriles is 1. The quantitative estimate of drug-likeness (QED) is 0.720. The zero-order valence-corrected chi connectivity index (χ0v) is 13.4. The second-order valence-corrected chi connectivity index (χ2v) is 5.67. The number of piperidine rings is 1. The van der Waals surface area contributed by atoms with E-state index in [0.29, 0.717) is 25.8 Å². The lowest BCUT2D eigenvalue weighted by Gasteiger charge is -2.26. The number of amides is 1. The number of hydrogen-bond donors (Lipinski definition) is 0. The second-order valence-electron chi connectivity index (χ2n) is 5.67. The third-order valence-corrected chi connectivity index (χ3v) is 3.96. The van der Waals surface area contributed by atoms with Gasteiger partial charge in [-0.15, -0.1) is 0 Å². The van der Waals surface area contributed by atoms with E-state index in [2.05, 4.69) is 6.07 Å². The average molecular weight is 317 g/mol. The zero-order chi connectivity index (χ0) is 16.5. The predicted octanol–water partition coefficient (Wildman–Crippen LogP) is 1.93. The number of rotatable bonds is 7. The van der Waals surface area contributed by atoms with Gasteiger partial charge in [0.05, 0.1) is 19.1 Å². The maximum absolute atomic E-state index is 12.2. The Labute approximate surface area is 136 Å². The number of likely N-dealkylation sites (tertiary alicyclic amines) is 1. The molecule has 0 atom stereocenters. The molecule has 2 rings (SSSR count). The molecule has 0 radical (unpaired) electrons. The van der Waals surface area contributed by atoms with E-state index in [-0.39, 0.29) is 23.8 Å². The lowest BCUT2D eigenvalue weighted by Crippen LogP contribution is -2.36. The summed E-state index contributed by atoms with van der Waals surface area (Å²) in [5.74, 6) is 0.353. The smallest absolute Gasteiger partial charge is 0.292 e. The summed E-state index contributed by atoms with van der Waals surface area (Å²) in [6.45, 7) is 2.37. The van der Waals surface area contributed by atoms with E-state index in [1.807, 2.05) is 4.90 Å². The first-order valence-corrected chi connectivity index (χ1v) is 8.19. The fourth-order valence-electron chi connectivity index (χ4n) is 2.68. The Kier molecular flexibility index (Phi) is 6.67. The van der Waals surface area contributed by atoms with E-state index in [9.17, 15) is 9.59 Å². The van der Waals surface area contributed by atoms with Crippen LogP contribution in [0.25, 0.3) is 0 Å². The molecule has 1 amide bonds. The van der Waals surface area contributed by atoms with E-state index < -0.39 is 0 Å². The van der Waals surface area contributed by atoms with Crippen molar-refractivity contribution in [2.75, 3.05) is 19.7 Å². The molecule has 0 spiro atoms. The summed E-state index contributed by atoms with van der Waals surface area (Å²) < 4.78 is 7.04. The highest BCUT2D eigenvalue weighted by molar-refractivity contribution is 5.76. The molecular formula is C17H23N3O3. The van der Waals surface area contributed by atoms with Gasteiger partial charge in [0.2, 0.25) is 5.91 Å². The van der Waals surface area contributed by atoms with Crippen LogP contribution in [0, 0.1) is 11.3 Å². The number of ether oxygens (including phenoxy) is 1. The summed E-state index contributed by atoms with van der Waals surface area (Å²) in [6.07, 6.45) is 6.36. The van der Waals surface area contributed by atoms with Crippen LogP contribution in [0.15, 0.2) is 23.1 Å². The Balaban J connectivity index is 1.83. The van der Waals surface area contributed by atoms with Crippen LogP contribution in [0.2, 0.25) is 0 Å². The van der Waals surface area contributed by atoms with Crippen molar-refractivity contribution in [2.45, 2.75) is 45.1 Å². The van der Waals surface area contributed by atoms with Crippen molar-refractivity contribution < 1.29 is 9.53 Å². The van der Waals surface area contributed by atoms with Gasteiger partial charge in [-0.3, -0.25) is 9.59 Å². The SMILES string of the molecule is N#CCCCn1cccc(OCCC(=O)N2CCCCC2)c1=O. The zero-order valence-electron chi connectivity index (χ0n) is 13.4. The molecule has 23 heavy (non-hydrogen) atoms. The summed E-state index contributed by atoms with van der Waals surface area (Å²) in [6, 6.07) is 5.43. The molecule has 1 fully saturated rings. The monoisotopic (exact) mass is 317 g/mol. The predicted molar refractivity (Wildman–Crippen MR) is 86.1 cm³/mol. The van der Waals surface area contributed by atoms with E-state index in [0.717, 1.165) is 25.9 Å². The molecule has 124 valence electrons. The molecule has 1 aliphatic rings. The van der Waals surface area contributed by atoms with Gasteiger partial charge in [-0.1, -0.05) is 0 Å². The normalized spacial score (nSPS) is 14.3. The van der Waals surface area contributed by atoms with Crippen molar-refractivity contribution in [1.82, 2.24) is 9.47 Å². The number of carbonyl (C=O) groups excluding carboxylic acids is 1. The van der Waals surface area contributed by atoms with Gasteiger partial charge in [0, 0.05) is 32.3 Å². The number of carbonyl (C=O) groups is 1. The van der Waals surface area contributed by atoms with Crippen molar-refractivity contribution in [3.63, 3.8) is 0 Å². The molecule has 0 bridgehead atoms. The van der Waals surface area contributed by atoms with Crippen molar-refractivity contribution >= 4 is 5.91 Å². The van der Waals surface area contributed by atoms with Gasteiger partial charge in [-0.2, -0.15) is 5.26 Å². The topological polar surface area (TPSA) is 75.3 Å². The molecule has 1 aromatic rings. The number of unbranched alkanes of at least 4 members (excludes halogenated alkanes) is 1. The van der Waals surface area contributed by atoms with Crippen molar-refractivity contribution in [1.29, 1.82) is 5.26 Å². The fraction of sp³-hybridized carbons (Fsp3) is 0.588. The minimum Gasteiger partial charge on any atom is -0.487 e. The Bertz CT molecular complexity index is 612. The van der Waals surface area contributed by atoms with Crippen LogP contribution in [0.4, 0.5) is 0 Å². The van der Waals surface area contributed by atoms with E-state index >= 15 is 0 Å². The summed E-state index contributed by atoms with van der Waals surface area (Å²) in [7, 11) is 0. The van der Waals surface area contributed by atoms with E-state index in [1.165, 1.54) is 6.42 Å². The van der Waals surface area contributed by atoms with Gasteiger partial charge < -0.3 is 14.2 Å². The average Bonchev–Trinajstić information content (AvgIpc) is 2.58. The molecule has 0 saturated carbocycles. The first-order valence-electron chi connectivity index (χ1n) is 8.19. The Morgan fingerprint density at radius 2 is 2.09 bits per heavy atom. The van der Waals surface area contributed by atoms with Crippen LogP contribution in [0.5, 0.6) is 5.75 Å². The summed E-state index contributed by atoms with van der Waals surface area (Å²) >= 11 is 0. The minimum atomic E-state index is -0.212. The first-order chi connectivity index (χ1) is 11.2. The highest BCUT2D eigenvalue weighted by Gasteiger charge is 2.16. The van der Waals surface area contributed by atoms with Crippen LogP contribution < -0.4 is 10.3 Å².